The SMILES string of the molecule is CCn1nnc(NCc2ccc(OCc3ccc(C)cc3)c(OC)c2)n1. The molecular formula is C19H23N5O2. The Morgan fingerprint density at radius 3 is 2.50 bits per heavy atom. The van der Waals surface area contributed by atoms with Crippen molar-refractivity contribution < 1.29 is 9.47 Å². The Hall–Kier alpha value is -3.09. The minimum Gasteiger partial charge on any atom is -0.493 e. The van der Waals surface area contributed by atoms with Crippen molar-refractivity contribution in [2.75, 3.05) is 12.4 Å². The standard InChI is InChI=1S/C19H23N5O2/c1-4-24-22-19(21-23-24)20-12-16-9-10-17(18(11-16)25-3)26-13-15-7-5-14(2)6-8-15/h5-11H,4,12-13H2,1-3H3,(H,20,22). The highest BCUT2D eigenvalue weighted by Crippen LogP contribution is 2.29. The Balaban J connectivity index is 1.62. The molecule has 1 aromatic heterocycles. The summed E-state index contributed by atoms with van der Waals surface area (Å²) >= 11 is 0. The van der Waals surface area contributed by atoms with Crippen molar-refractivity contribution in [2.45, 2.75) is 33.5 Å². The highest BCUT2D eigenvalue weighted by atomic mass is 16.5. The lowest BCUT2D eigenvalue weighted by Gasteiger charge is -2.12. The number of ether oxygens (including phenoxy) is 2. The van der Waals surface area contributed by atoms with Gasteiger partial charge in [0, 0.05) is 6.54 Å². The van der Waals surface area contributed by atoms with E-state index in [0.29, 0.717) is 37.1 Å². The maximum atomic E-state index is 5.91. The first-order chi connectivity index (χ1) is 12.7. The smallest absolute Gasteiger partial charge is 0.263 e. The van der Waals surface area contributed by atoms with Crippen LogP contribution in [0.15, 0.2) is 42.5 Å². The second kappa shape index (κ2) is 8.33. The predicted octanol–water partition coefficient (Wildman–Crippen LogP) is 3.20. The quantitative estimate of drug-likeness (QED) is 0.670. The van der Waals surface area contributed by atoms with E-state index in [1.165, 1.54) is 10.4 Å². The molecule has 26 heavy (non-hydrogen) atoms. The van der Waals surface area contributed by atoms with E-state index in [4.69, 9.17) is 9.47 Å². The molecule has 0 aliphatic carbocycles. The molecule has 0 amide bonds. The van der Waals surface area contributed by atoms with Gasteiger partial charge in [-0.15, -0.1) is 5.10 Å². The molecule has 7 nitrogen and oxygen atoms in total. The fourth-order valence-electron chi connectivity index (χ4n) is 2.42. The molecule has 3 rings (SSSR count). The van der Waals surface area contributed by atoms with Gasteiger partial charge >= 0.3 is 0 Å². The Morgan fingerprint density at radius 1 is 1.04 bits per heavy atom. The van der Waals surface area contributed by atoms with Gasteiger partial charge in [-0.05, 0) is 42.3 Å². The third kappa shape index (κ3) is 4.50. The van der Waals surface area contributed by atoms with Crippen molar-refractivity contribution >= 4 is 5.95 Å². The molecule has 7 heteroatoms. The van der Waals surface area contributed by atoms with Gasteiger partial charge in [-0.1, -0.05) is 41.0 Å². The van der Waals surface area contributed by atoms with Gasteiger partial charge in [0.25, 0.3) is 5.95 Å². The number of benzene rings is 2. The van der Waals surface area contributed by atoms with E-state index >= 15 is 0 Å². The van der Waals surface area contributed by atoms with Gasteiger partial charge in [-0.2, -0.15) is 4.80 Å². The second-order valence-electron chi connectivity index (χ2n) is 5.91. The van der Waals surface area contributed by atoms with E-state index in [2.05, 4.69) is 51.9 Å². The molecule has 0 unspecified atom stereocenters. The van der Waals surface area contributed by atoms with Crippen LogP contribution in [0.2, 0.25) is 0 Å². The summed E-state index contributed by atoms with van der Waals surface area (Å²) < 4.78 is 11.4. The number of nitrogens with one attached hydrogen (secondary N) is 1. The Bertz CT molecular complexity index is 845. The van der Waals surface area contributed by atoms with Crippen LogP contribution in [-0.2, 0) is 19.7 Å². The molecule has 0 bridgehead atoms. The number of hydrogen-bond donors (Lipinski definition) is 1. The van der Waals surface area contributed by atoms with E-state index in [0.717, 1.165) is 11.1 Å². The zero-order valence-corrected chi connectivity index (χ0v) is 15.3. The summed E-state index contributed by atoms with van der Waals surface area (Å²) in [4.78, 5) is 1.53. The molecule has 0 saturated heterocycles. The van der Waals surface area contributed by atoms with Gasteiger partial charge < -0.3 is 14.8 Å². The fraction of sp³-hybridized carbons (Fsp3) is 0.316. The van der Waals surface area contributed by atoms with Crippen molar-refractivity contribution in [1.82, 2.24) is 20.2 Å². The molecule has 0 atom stereocenters. The van der Waals surface area contributed by atoms with Crippen LogP contribution in [0.4, 0.5) is 5.95 Å². The largest absolute Gasteiger partial charge is 0.493 e. The topological polar surface area (TPSA) is 74.1 Å². The van der Waals surface area contributed by atoms with Gasteiger partial charge in [-0.25, -0.2) is 0 Å². The maximum Gasteiger partial charge on any atom is 0.263 e. The van der Waals surface area contributed by atoms with Crippen LogP contribution in [-0.4, -0.2) is 27.3 Å². The average molecular weight is 353 g/mol. The van der Waals surface area contributed by atoms with Crippen molar-refractivity contribution in [3.63, 3.8) is 0 Å². The average Bonchev–Trinajstić information content (AvgIpc) is 3.14. The number of rotatable bonds is 8. The predicted molar refractivity (Wildman–Crippen MR) is 99.3 cm³/mol. The van der Waals surface area contributed by atoms with Crippen molar-refractivity contribution in [1.29, 1.82) is 0 Å². The summed E-state index contributed by atoms with van der Waals surface area (Å²) in [5.41, 5.74) is 3.39. The Labute approximate surface area is 152 Å². The molecule has 2 aromatic carbocycles. The number of tetrazole rings is 1. The zero-order valence-electron chi connectivity index (χ0n) is 15.3. The van der Waals surface area contributed by atoms with Crippen LogP contribution in [0.3, 0.4) is 0 Å². The van der Waals surface area contributed by atoms with Crippen LogP contribution < -0.4 is 14.8 Å². The van der Waals surface area contributed by atoms with Gasteiger partial charge in [0.2, 0.25) is 0 Å². The van der Waals surface area contributed by atoms with Crippen molar-refractivity contribution in [3.05, 3.63) is 59.2 Å². The van der Waals surface area contributed by atoms with E-state index in [1.807, 2.05) is 25.1 Å². The summed E-state index contributed by atoms with van der Waals surface area (Å²) in [7, 11) is 1.64. The first-order valence-electron chi connectivity index (χ1n) is 8.55. The van der Waals surface area contributed by atoms with Crippen LogP contribution in [0, 0.1) is 6.92 Å². The first-order valence-corrected chi connectivity index (χ1v) is 8.55. The molecule has 0 aliphatic rings. The Kier molecular flexibility index (Phi) is 5.68. The molecule has 0 saturated carbocycles. The number of hydrogen-bond acceptors (Lipinski definition) is 6. The van der Waals surface area contributed by atoms with Crippen molar-refractivity contribution in [3.8, 4) is 11.5 Å². The van der Waals surface area contributed by atoms with Crippen LogP contribution >= 0.6 is 0 Å². The normalized spacial score (nSPS) is 10.6. The molecule has 0 radical (unpaired) electrons. The third-order valence-electron chi connectivity index (χ3n) is 3.93. The molecular weight excluding hydrogens is 330 g/mol. The van der Waals surface area contributed by atoms with Gasteiger partial charge in [0.05, 0.1) is 13.7 Å². The van der Waals surface area contributed by atoms with Gasteiger partial charge in [0.1, 0.15) is 6.61 Å². The Morgan fingerprint density at radius 2 is 1.81 bits per heavy atom. The van der Waals surface area contributed by atoms with Crippen LogP contribution in [0.5, 0.6) is 11.5 Å². The monoisotopic (exact) mass is 353 g/mol. The van der Waals surface area contributed by atoms with Crippen LogP contribution in [0.25, 0.3) is 0 Å². The fourth-order valence-corrected chi connectivity index (χ4v) is 2.42. The molecule has 0 aliphatic heterocycles. The first kappa shape index (κ1) is 17.7. The highest BCUT2D eigenvalue weighted by molar-refractivity contribution is 5.44. The number of nitrogens with zero attached hydrogens (tertiary/aromatic N) is 4. The summed E-state index contributed by atoms with van der Waals surface area (Å²) in [6, 6.07) is 14.1. The number of anilines is 1. The van der Waals surface area contributed by atoms with E-state index in [9.17, 15) is 0 Å². The summed E-state index contributed by atoms with van der Waals surface area (Å²) in [5.74, 6) is 1.92. The van der Waals surface area contributed by atoms with E-state index in [-0.39, 0.29) is 0 Å². The summed E-state index contributed by atoms with van der Waals surface area (Å²) in [6.07, 6.45) is 0. The third-order valence-corrected chi connectivity index (χ3v) is 3.93. The van der Waals surface area contributed by atoms with Crippen molar-refractivity contribution in [2.24, 2.45) is 0 Å². The molecule has 3 aromatic rings. The maximum absolute atomic E-state index is 5.91. The minimum atomic E-state index is 0.498. The number of aryl methyl sites for hydroxylation is 2. The highest BCUT2D eigenvalue weighted by Gasteiger charge is 2.08. The molecule has 0 fully saturated rings. The van der Waals surface area contributed by atoms with Gasteiger partial charge in [-0.3, -0.25) is 0 Å². The molecule has 0 spiro atoms. The number of methoxy groups -OCH3 is 1. The van der Waals surface area contributed by atoms with Crippen LogP contribution in [0.1, 0.15) is 23.6 Å². The molecule has 136 valence electrons. The van der Waals surface area contributed by atoms with E-state index < -0.39 is 0 Å². The summed E-state index contributed by atoms with van der Waals surface area (Å²) in [6.45, 7) is 5.79. The minimum absolute atomic E-state index is 0.498. The zero-order chi connectivity index (χ0) is 18.4. The summed E-state index contributed by atoms with van der Waals surface area (Å²) in [5, 5.41) is 15.2. The second-order valence-corrected chi connectivity index (χ2v) is 5.91. The lowest BCUT2D eigenvalue weighted by atomic mass is 10.1. The van der Waals surface area contributed by atoms with E-state index in [1.54, 1.807) is 7.11 Å². The molecule has 1 heterocycles. The lowest BCUT2D eigenvalue weighted by molar-refractivity contribution is 0.284. The lowest BCUT2D eigenvalue weighted by Crippen LogP contribution is -2.04. The number of aromatic nitrogens is 4. The van der Waals surface area contributed by atoms with Gasteiger partial charge in [0.15, 0.2) is 11.5 Å². The molecule has 1 N–H and O–H groups in total.